The number of anilines is 1. The Hall–Kier alpha value is -3.00. The number of aryl methyl sites for hydroxylation is 2. The summed E-state index contributed by atoms with van der Waals surface area (Å²) >= 11 is 1.23. The van der Waals surface area contributed by atoms with Gasteiger partial charge in [-0.05, 0) is 53.9 Å². The van der Waals surface area contributed by atoms with Crippen LogP contribution < -0.4 is 19.8 Å². The fraction of sp³-hybridized carbons (Fsp3) is 0.250. The van der Waals surface area contributed by atoms with E-state index in [-0.39, 0.29) is 12.3 Å². The lowest BCUT2D eigenvalue weighted by Gasteiger charge is -2.07. The molecule has 2 aromatic carbocycles. The van der Waals surface area contributed by atoms with Gasteiger partial charge in [0.2, 0.25) is 11.6 Å². The molecule has 1 heterocycles. The van der Waals surface area contributed by atoms with Gasteiger partial charge in [0.25, 0.3) is 5.03 Å². The largest absolute Gasteiger partial charge is 0.538 e. The predicted molar refractivity (Wildman–Crippen MR) is 104 cm³/mol. The maximum atomic E-state index is 12.2. The van der Waals surface area contributed by atoms with Gasteiger partial charge < -0.3 is 19.7 Å². The van der Waals surface area contributed by atoms with Crippen LogP contribution in [-0.2, 0) is 4.79 Å². The Morgan fingerprint density at radius 3 is 2.54 bits per heavy atom. The number of methoxy groups -OCH3 is 1. The monoisotopic (exact) mass is 399 g/mol. The normalized spacial score (nSPS) is 10.7. The Labute approximate surface area is 167 Å². The molecule has 0 fully saturated rings. The van der Waals surface area contributed by atoms with Crippen molar-refractivity contribution in [2.45, 2.75) is 25.3 Å². The summed E-state index contributed by atoms with van der Waals surface area (Å²) < 4.78 is 11.3. The fourth-order valence-corrected chi connectivity index (χ4v) is 3.66. The van der Waals surface area contributed by atoms with Gasteiger partial charge in [-0.3, -0.25) is 4.79 Å². The molecule has 0 aliphatic carbocycles. The van der Waals surface area contributed by atoms with E-state index in [2.05, 4.69) is 10.6 Å². The zero-order valence-corrected chi connectivity index (χ0v) is 16.7. The molecule has 7 nitrogen and oxygen atoms in total. The van der Waals surface area contributed by atoms with Gasteiger partial charge in [-0.2, -0.15) is 0 Å². The van der Waals surface area contributed by atoms with Crippen molar-refractivity contribution in [3.05, 3.63) is 53.6 Å². The molecule has 1 aromatic heterocycles. The molecule has 1 N–H and O–H groups in total. The number of nitrogens with zero attached hydrogens (tertiary/aromatic N) is 2. The summed E-state index contributed by atoms with van der Waals surface area (Å²) in [4.78, 5) is 12.2. The molecule has 3 rings (SSSR count). The zero-order valence-electron chi connectivity index (χ0n) is 15.9. The number of benzene rings is 2. The standard InChI is InChI=1S/C20H21N3O4S/c1-13-10-14(2)12-15(11-13)21-18(24)8-9-28-19-20(25)27-22-23(19)16-4-6-17(26-3)7-5-16/h4-7,10-12H,8-9H2,1-3H3,(H-,21,22,24,25). The molecule has 0 spiro atoms. The van der Waals surface area contributed by atoms with Crippen LogP contribution in [0.1, 0.15) is 17.5 Å². The van der Waals surface area contributed by atoms with Gasteiger partial charge in [0.1, 0.15) is 5.75 Å². The maximum absolute atomic E-state index is 12.2. The van der Waals surface area contributed by atoms with Crippen molar-refractivity contribution in [2.75, 3.05) is 18.2 Å². The van der Waals surface area contributed by atoms with Crippen LogP contribution in [0.15, 0.2) is 52.0 Å². The summed E-state index contributed by atoms with van der Waals surface area (Å²) in [5, 5.41) is 19.0. The topological polar surface area (TPSA) is 91.3 Å². The van der Waals surface area contributed by atoms with E-state index in [1.165, 1.54) is 16.4 Å². The predicted octanol–water partition coefficient (Wildman–Crippen LogP) is 2.77. The lowest BCUT2D eigenvalue weighted by atomic mass is 10.1. The molecule has 28 heavy (non-hydrogen) atoms. The fourth-order valence-electron chi connectivity index (χ4n) is 2.76. The van der Waals surface area contributed by atoms with E-state index in [1.54, 1.807) is 31.4 Å². The lowest BCUT2D eigenvalue weighted by molar-refractivity contribution is -0.705. The quantitative estimate of drug-likeness (QED) is 0.485. The van der Waals surface area contributed by atoms with Gasteiger partial charge >= 0.3 is 0 Å². The molecular formula is C20H21N3O4S. The Morgan fingerprint density at radius 1 is 1.21 bits per heavy atom. The van der Waals surface area contributed by atoms with Crippen LogP contribution in [0.25, 0.3) is 5.69 Å². The van der Waals surface area contributed by atoms with E-state index in [0.29, 0.717) is 22.2 Å². The van der Waals surface area contributed by atoms with E-state index in [1.807, 2.05) is 32.0 Å². The smallest absolute Gasteiger partial charge is 0.297 e. The molecular weight excluding hydrogens is 378 g/mol. The second kappa shape index (κ2) is 8.79. The molecule has 0 unspecified atom stereocenters. The van der Waals surface area contributed by atoms with Gasteiger partial charge in [-0.15, -0.1) is 0 Å². The number of hydrogen-bond donors (Lipinski definition) is 1. The van der Waals surface area contributed by atoms with Gasteiger partial charge in [0.05, 0.1) is 12.4 Å². The van der Waals surface area contributed by atoms with E-state index in [4.69, 9.17) is 9.26 Å². The van der Waals surface area contributed by atoms with E-state index in [9.17, 15) is 9.90 Å². The van der Waals surface area contributed by atoms with Gasteiger partial charge in [0, 0.05) is 30.0 Å². The van der Waals surface area contributed by atoms with Crippen LogP contribution in [0.5, 0.6) is 11.7 Å². The van der Waals surface area contributed by atoms with E-state index in [0.717, 1.165) is 16.8 Å². The first-order valence-electron chi connectivity index (χ1n) is 8.70. The van der Waals surface area contributed by atoms with Crippen molar-refractivity contribution < 1.29 is 23.8 Å². The summed E-state index contributed by atoms with van der Waals surface area (Å²) in [7, 11) is 1.58. The number of ether oxygens (including phenoxy) is 1. The second-order valence-electron chi connectivity index (χ2n) is 6.30. The number of rotatable bonds is 7. The van der Waals surface area contributed by atoms with Crippen LogP contribution in [0.4, 0.5) is 5.69 Å². The molecule has 0 saturated heterocycles. The molecule has 0 radical (unpaired) electrons. The van der Waals surface area contributed by atoms with Crippen LogP contribution >= 0.6 is 11.8 Å². The van der Waals surface area contributed by atoms with Crippen molar-refractivity contribution >= 4 is 23.4 Å². The highest BCUT2D eigenvalue weighted by molar-refractivity contribution is 7.99. The summed E-state index contributed by atoms with van der Waals surface area (Å²) in [6.07, 6.45) is 0.255. The number of nitrogens with one attached hydrogen (secondary N) is 1. The number of carbonyl (C=O) groups is 1. The molecule has 0 aliphatic heterocycles. The maximum Gasteiger partial charge on any atom is 0.297 e. The van der Waals surface area contributed by atoms with Crippen molar-refractivity contribution in [3.63, 3.8) is 0 Å². The summed E-state index contributed by atoms with van der Waals surface area (Å²) in [5.41, 5.74) is 3.63. The SMILES string of the molecule is COc1ccc(-[n+]2noc([O-])c2SCCC(=O)Nc2cc(C)cc(C)c2)cc1. The van der Waals surface area contributed by atoms with Gasteiger partial charge in [-0.1, -0.05) is 17.8 Å². The first-order valence-corrected chi connectivity index (χ1v) is 9.69. The number of carbonyl (C=O) groups excluding carboxylic acids is 1. The minimum Gasteiger partial charge on any atom is -0.538 e. The highest BCUT2D eigenvalue weighted by Crippen LogP contribution is 2.24. The Morgan fingerprint density at radius 2 is 1.89 bits per heavy atom. The van der Waals surface area contributed by atoms with Crippen molar-refractivity contribution in [1.82, 2.24) is 5.27 Å². The summed E-state index contributed by atoms with van der Waals surface area (Å²) in [6.45, 7) is 3.97. The molecule has 0 bridgehead atoms. The molecule has 0 saturated carbocycles. The second-order valence-corrected chi connectivity index (χ2v) is 7.38. The summed E-state index contributed by atoms with van der Waals surface area (Å²) in [5.74, 6) is 0.476. The Balaban J connectivity index is 1.61. The highest BCUT2D eigenvalue weighted by atomic mass is 32.2. The van der Waals surface area contributed by atoms with Crippen molar-refractivity contribution in [3.8, 4) is 17.4 Å². The van der Waals surface area contributed by atoms with Crippen LogP contribution in [-0.4, -0.2) is 24.0 Å². The van der Waals surface area contributed by atoms with Gasteiger partial charge in [-0.25, -0.2) is 0 Å². The lowest BCUT2D eigenvalue weighted by Crippen LogP contribution is -2.34. The molecule has 0 aliphatic rings. The third kappa shape index (κ3) is 4.83. The average molecular weight is 399 g/mol. The zero-order chi connectivity index (χ0) is 20.1. The number of hydrogen-bond acceptors (Lipinski definition) is 6. The Bertz CT molecular complexity index is 950. The minimum atomic E-state index is -0.532. The van der Waals surface area contributed by atoms with Gasteiger partial charge in [0.15, 0.2) is 5.95 Å². The van der Waals surface area contributed by atoms with Crippen molar-refractivity contribution in [2.24, 2.45) is 0 Å². The van der Waals surface area contributed by atoms with Crippen LogP contribution in [0, 0.1) is 13.8 Å². The first-order chi connectivity index (χ1) is 13.5. The third-order valence-corrected chi connectivity index (χ3v) is 4.98. The van der Waals surface area contributed by atoms with Crippen molar-refractivity contribution in [1.29, 1.82) is 0 Å². The average Bonchev–Trinajstić information content (AvgIpc) is 3.01. The number of thioether (sulfide) groups is 1. The van der Waals surface area contributed by atoms with Crippen LogP contribution in [0.2, 0.25) is 0 Å². The van der Waals surface area contributed by atoms with Crippen LogP contribution in [0.3, 0.4) is 0 Å². The molecule has 146 valence electrons. The number of aromatic nitrogens is 2. The Kier molecular flexibility index (Phi) is 6.20. The molecule has 0 atom stereocenters. The molecule has 3 aromatic rings. The molecule has 8 heteroatoms. The molecule has 1 amide bonds. The first kappa shape index (κ1) is 19.8. The van der Waals surface area contributed by atoms with E-state index >= 15 is 0 Å². The number of amides is 1. The highest BCUT2D eigenvalue weighted by Gasteiger charge is 2.21. The minimum absolute atomic E-state index is 0.114. The third-order valence-electron chi connectivity index (χ3n) is 3.96. The summed E-state index contributed by atoms with van der Waals surface area (Å²) in [6, 6.07) is 13.0. The van der Waals surface area contributed by atoms with E-state index < -0.39 is 5.95 Å².